The zero-order valence-corrected chi connectivity index (χ0v) is 17.4. The van der Waals surface area contributed by atoms with Gasteiger partial charge in [0, 0.05) is 27.0 Å². The second-order valence-electron chi connectivity index (χ2n) is 5.53. The SMILES string of the molecule is COC(=O)NC(=O)c1c(NC(=O)CCSc2ccc(Cl)cc2)sc(C)c1C. The first kappa shape index (κ1) is 21.3. The fourth-order valence-electron chi connectivity index (χ4n) is 2.18. The van der Waals surface area contributed by atoms with E-state index >= 15 is 0 Å². The van der Waals surface area contributed by atoms with Crippen molar-refractivity contribution in [2.45, 2.75) is 25.2 Å². The third-order valence-corrected chi connectivity index (χ3v) is 6.07. The molecule has 1 aromatic carbocycles. The monoisotopic (exact) mass is 426 g/mol. The van der Waals surface area contributed by atoms with E-state index in [2.05, 4.69) is 15.4 Å². The first-order valence-corrected chi connectivity index (χ1v) is 10.2. The van der Waals surface area contributed by atoms with Gasteiger partial charge in [-0.3, -0.25) is 14.9 Å². The van der Waals surface area contributed by atoms with E-state index in [-0.39, 0.29) is 17.9 Å². The molecule has 0 bridgehead atoms. The number of benzene rings is 1. The van der Waals surface area contributed by atoms with Crippen molar-refractivity contribution in [1.29, 1.82) is 0 Å². The second-order valence-corrected chi connectivity index (χ2v) is 8.36. The number of methoxy groups -OCH3 is 1. The summed E-state index contributed by atoms with van der Waals surface area (Å²) in [5, 5.41) is 5.98. The Labute approximate surface area is 170 Å². The van der Waals surface area contributed by atoms with Crippen LogP contribution in [0.3, 0.4) is 0 Å². The van der Waals surface area contributed by atoms with E-state index in [9.17, 15) is 14.4 Å². The van der Waals surface area contributed by atoms with Crippen molar-refractivity contribution >= 4 is 57.6 Å². The van der Waals surface area contributed by atoms with Gasteiger partial charge in [0.1, 0.15) is 5.00 Å². The number of halogens is 1. The quantitative estimate of drug-likeness (QED) is 0.657. The molecule has 0 saturated heterocycles. The van der Waals surface area contributed by atoms with Crippen molar-refractivity contribution in [2.75, 3.05) is 18.2 Å². The number of carbonyl (C=O) groups is 3. The Morgan fingerprint density at radius 1 is 1.19 bits per heavy atom. The Bertz CT molecular complexity index is 850. The molecule has 0 aliphatic heterocycles. The second kappa shape index (κ2) is 9.77. The lowest BCUT2D eigenvalue weighted by molar-refractivity contribution is -0.115. The number of rotatable bonds is 6. The Morgan fingerprint density at radius 2 is 1.85 bits per heavy atom. The lowest BCUT2D eigenvalue weighted by Gasteiger charge is -2.08. The zero-order chi connectivity index (χ0) is 20.0. The molecule has 0 fully saturated rings. The fraction of sp³-hybridized carbons (Fsp3) is 0.278. The maximum absolute atomic E-state index is 12.3. The van der Waals surface area contributed by atoms with Crippen LogP contribution in [0.15, 0.2) is 29.2 Å². The molecular formula is C18H19ClN2O4S2. The molecule has 1 heterocycles. The number of nitrogens with one attached hydrogen (secondary N) is 2. The summed E-state index contributed by atoms with van der Waals surface area (Å²) in [4.78, 5) is 37.8. The van der Waals surface area contributed by atoms with Crippen LogP contribution in [0.5, 0.6) is 0 Å². The van der Waals surface area contributed by atoms with Crippen LogP contribution >= 0.6 is 34.7 Å². The summed E-state index contributed by atoms with van der Waals surface area (Å²) in [5.41, 5.74) is 0.994. The highest BCUT2D eigenvalue weighted by molar-refractivity contribution is 7.99. The van der Waals surface area contributed by atoms with E-state index in [1.807, 2.05) is 19.1 Å². The number of alkyl carbamates (subject to hydrolysis) is 1. The summed E-state index contributed by atoms with van der Waals surface area (Å²) in [6, 6.07) is 7.39. The normalized spacial score (nSPS) is 10.4. The van der Waals surface area contributed by atoms with Crippen LogP contribution in [-0.4, -0.2) is 30.8 Å². The van der Waals surface area contributed by atoms with Gasteiger partial charge in [0.05, 0.1) is 12.7 Å². The van der Waals surface area contributed by atoms with E-state index in [4.69, 9.17) is 11.6 Å². The number of aryl methyl sites for hydroxylation is 1. The van der Waals surface area contributed by atoms with E-state index < -0.39 is 12.0 Å². The molecule has 2 rings (SSSR count). The van der Waals surface area contributed by atoms with E-state index in [0.717, 1.165) is 9.77 Å². The molecule has 2 N–H and O–H groups in total. The highest BCUT2D eigenvalue weighted by atomic mass is 35.5. The molecule has 27 heavy (non-hydrogen) atoms. The topological polar surface area (TPSA) is 84.5 Å². The summed E-state index contributed by atoms with van der Waals surface area (Å²) >= 11 is 8.69. The minimum atomic E-state index is -0.847. The number of hydrogen-bond donors (Lipinski definition) is 2. The number of hydrogen-bond acceptors (Lipinski definition) is 6. The van der Waals surface area contributed by atoms with Gasteiger partial charge in [0.25, 0.3) is 5.91 Å². The summed E-state index contributed by atoms with van der Waals surface area (Å²) in [5.74, 6) is -0.222. The van der Waals surface area contributed by atoms with Crippen LogP contribution in [-0.2, 0) is 9.53 Å². The van der Waals surface area contributed by atoms with Crippen molar-refractivity contribution in [3.8, 4) is 0 Å². The number of thiophene rings is 1. The number of ether oxygens (including phenoxy) is 1. The summed E-state index contributed by atoms with van der Waals surface area (Å²) < 4.78 is 4.45. The van der Waals surface area contributed by atoms with Gasteiger partial charge in [0.15, 0.2) is 0 Å². The fourth-order valence-corrected chi connectivity index (χ4v) is 4.23. The Balaban J connectivity index is 1.98. The van der Waals surface area contributed by atoms with Gasteiger partial charge in [-0.25, -0.2) is 4.79 Å². The molecule has 3 amide bonds. The average molecular weight is 427 g/mol. The first-order valence-electron chi connectivity index (χ1n) is 7.99. The molecule has 144 valence electrons. The predicted molar refractivity (Wildman–Crippen MR) is 109 cm³/mol. The number of amides is 3. The summed E-state index contributed by atoms with van der Waals surface area (Å²) in [7, 11) is 1.18. The van der Waals surface area contributed by atoms with Gasteiger partial charge in [-0.1, -0.05) is 11.6 Å². The first-order chi connectivity index (χ1) is 12.8. The maximum atomic E-state index is 12.3. The van der Waals surface area contributed by atoms with E-state index in [1.165, 1.54) is 18.4 Å². The van der Waals surface area contributed by atoms with Crippen molar-refractivity contribution in [3.63, 3.8) is 0 Å². The van der Waals surface area contributed by atoms with Gasteiger partial charge in [-0.05, 0) is 43.7 Å². The average Bonchev–Trinajstić information content (AvgIpc) is 2.90. The Kier molecular flexibility index (Phi) is 7.70. The summed E-state index contributed by atoms with van der Waals surface area (Å²) in [6.45, 7) is 3.62. The number of imide groups is 1. The summed E-state index contributed by atoms with van der Waals surface area (Å²) in [6.07, 6.45) is -0.568. The van der Waals surface area contributed by atoms with Crippen molar-refractivity contribution in [2.24, 2.45) is 0 Å². The van der Waals surface area contributed by atoms with Crippen molar-refractivity contribution in [1.82, 2.24) is 5.32 Å². The molecule has 0 spiro atoms. The van der Waals surface area contributed by atoms with Crippen LogP contribution < -0.4 is 10.6 Å². The van der Waals surface area contributed by atoms with Gasteiger partial charge in [-0.2, -0.15) is 0 Å². The van der Waals surface area contributed by atoms with E-state index in [0.29, 0.717) is 21.3 Å². The highest BCUT2D eigenvalue weighted by Crippen LogP contribution is 2.32. The van der Waals surface area contributed by atoms with Crippen molar-refractivity contribution < 1.29 is 19.1 Å². The maximum Gasteiger partial charge on any atom is 0.413 e. The largest absolute Gasteiger partial charge is 0.453 e. The third kappa shape index (κ3) is 5.98. The van der Waals surface area contributed by atoms with Gasteiger partial charge < -0.3 is 10.1 Å². The molecule has 0 aliphatic rings. The van der Waals surface area contributed by atoms with Gasteiger partial charge in [-0.15, -0.1) is 23.1 Å². The van der Waals surface area contributed by atoms with Crippen LogP contribution in [0.4, 0.5) is 9.80 Å². The Morgan fingerprint density at radius 3 is 2.48 bits per heavy atom. The van der Waals surface area contributed by atoms with Crippen LogP contribution in [0, 0.1) is 13.8 Å². The molecule has 0 saturated carbocycles. The van der Waals surface area contributed by atoms with E-state index in [1.54, 1.807) is 30.8 Å². The van der Waals surface area contributed by atoms with Crippen LogP contribution in [0.25, 0.3) is 0 Å². The molecular weight excluding hydrogens is 408 g/mol. The molecule has 0 aliphatic carbocycles. The zero-order valence-electron chi connectivity index (χ0n) is 15.1. The molecule has 2 aromatic rings. The molecule has 0 unspecified atom stereocenters. The number of carbonyl (C=O) groups excluding carboxylic acids is 3. The molecule has 0 atom stereocenters. The predicted octanol–water partition coefficient (Wildman–Crippen LogP) is 4.64. The number of thioether (sulfide) groups is 1. The lowest BCUT2D eigenvalue weighted by Crippen LogP contribution is -2.31. The lowest BCUT2D eigenvalue weighted by atomic mass is 10.1. The standard InChI is InChI=1S/C18H19ClN2O4S2/c1-10-11(2)27-17(15(10)16(23)21-18(24)25-3)20-14(22)8-9-26-13-6-4-12(19)5-7-13/h4-7H,8-9H2,1-3H3,(H,20,22)(H,21,23,24). The van der Waals surface area contributed by atoms with Crippen LogP contribution in [0.2, 0.25) is 5.02 Å². The van der Waals surface area contributed by atoms with Gasteiger partial charge in [0.2, 0.25) is 5.91 Å². The number of anilines is 1. The molecule has 9 heteroatoms. The van der Waals surface area contributed by atoms with Crippen LogP contribution in [0.1, 0.15) is 27.2 Å². The molecule has 1 aromatic heterocycles. The Hall–Kier alpha value is -2.03. The van der Waals surface area contributed by atoms with Crippen molar-refractivity contribution in [3.05, 3.63) is 45.3 Å². The minimum absolute atomic E-state index is 0.204. The van der Waals surface area contributed by atoms with Gasteiger partial charge >= 0.3 is 6.09 Å². The molecule has 6 nitrogen and oxygen atoms in total. The molecule has 0 radical (unpaired) electrons. The minimum Gasteiger partial charge on any atom is -0.453 e. The third-order valence-electron chi connectivity index (χ3n) is 3.68. The smallest absolute Gasteiger partial charge is 0.413 e. The highest BCUT2D eigenvalue weighted by Gasteiger charge is 2.22.